The van der Waals surface area contributed by atoms with Gasteiger partial charge in [0, 0.05) is 6.54 Å². The minimum absolute atomic E-state index is 0.0689. The van der Waals surface area contributed by atoms with E-state index in [4.69, 9.17) is 0 Å². The Hall–Kier alpha value is -1.94. The normalized spacial score (nSPS) is 12.0. The highest BCUT2D eigenvalue weighted by molar-refractivity contribution is 7.20. The molecule has 0 N–H and O–H groups in total. The molecular formula is C13H13F3N2O4S. The van der Waals surface area contributed by atoms with Crippen molar-refractivity contribution in [3.05, 3.63) is 31.3 Å². The molecule has 0 saturated carbocycles. The number of carbonyl (C=O) groups excluding carboxylic acids is 1. The van der Waals surface area contributed by atoms with Crippen molar-refractivity contribution in [1.29, 1.82) is 0 Å². The van der Waals surface area contributed by atoms with Crippen molar-refractivity contribution in [3.8, 4) is 0 Å². The van der Waals surface area contributed by atoms with E-state index in [1.807, 2.05) is 0 Å². The summed E-state index contributed by atoms with van der Waals surface area (Å²) >= 11 is 0.901. The second-order valence-electron chi connectivity index (χ2n) is 4.67. The summed E-state index contributed by atoms with van der Waals surface area (Å²) in [5.74, 6) is 0. The summed E-state index contributed by atoms with van der Waals surface area (Å²) in [6.07, 6.45) is -4.25. The lowest BCUT2D eigenvalue weighted by atomic mass is 10.2. The molecule has 2 rings (SSSR count). The van der Waals surface area contributed by atoms with Gasteiger partial charge in [-0.25, -0.2) is 4.79 Å². The summed E-state index contributed by atoms with van der Waals surface area (Å²) < 4.78 is 41.9. The van der Waals surface area contributed by atoms with Crippen molar-refractivity contribution in [2.24, 2.45) is 0 Å². The molecule has 2 aromatic rings. The Labute approximate surface area is 131 Å². The van der Waals surface area contributed by atoms with E-state index in [9.17, 15) is 27.6 Å². The molecule has 0 amide bonds. The van der Waals surface area contributed by atoms with Gasteiger partial charge in [-0.2, -0.15) is 0 Å². The van der Waals surface area contributed by atoms with E-state index in [0.29, 0.717) is 11.8 Å². The molecule has 0 aromatic carbocycles. The van der Waals surface area contributed by atoms with Crippen LogP contribution in [-0.2, 0) is 17.8 Å². The second-order valence-corrected chi connectivity index (χ2v) is 5.70. The predicted octanol–water partition coefficient (Wildman–Crippen LogP) is 1.90. The van der Waals surface area contributed by atoms with Gasteiger partial charge < -0.3 is 0 Å². The minimum atomic E-state index is -4.80. The molecule has 0 unspecified atom stereocenters. The van der Waals surface area contributed by atoms with Gasteiger partial charge >= 0.3 is 12.1 Å². The number of carbonyl (C=O) groups is 1. The van der Waals surface area contributed by atoms with Gasteiger partial charge in [0.25, 0.3) is 5.56 Å². The third-order valence-corrected chi connectivity index (χ3v) is 4.58. The predicted molar refractivity (Wildman–Crippen MR) is 78.2 cm³/mol. The fourth-order valence-corrected chi connectivity index (χ4v) is 3.39. The van der Waals surface area contributed by atoms with E-state index in [1.165, 1.54) is 0 Å². The van der Waals surface area contributed by atoms with Gasteiger partial charge in [-0.3, -0.25) is 23.5 Å². The monoisotopic (exact) mass is 350 g/mol. The van der Waals surface area contributed by atoms with Crippen molar-refractivity contribution in [3.63, 3.8) is 0 Å². The molecule has 23 heavy (non-hydrogen) atoms. The molecule has 0 spiro atoms. The number of aryl methyl sites for hydroxylation is 1. The maximum atomic E-state index is 12.3. The van der Waals surface area contributed by atoms with Crippen molar-refractivity contribution in [1.82, 2.24) is 9.13 Å². The number of nitrogens with zero attached hydrogens (tertiary/aromatic N) is 2. The lowest BCUT2D eigenvalue weighted by molar-refractivity contribution is -0.325. The van der Waals surface area contributed by atoms with Crippen LogP contribution in [0.2, 0.25) is 0 Å². The zero-order chi connectivity index (χ0) is 17.4. The number of hydrogen-bond donors (Lipinski definition) is 0. The van der Waals surface area contributed by atoms with Gasteiger partial charge in [0.05, 0.1) is 23.4 Å². The SMILES string of the molecule is CCn1c(=O)c2c(C)c(C=O)sc2n(CCOC(F)(F)F)c1=O. The Kier molecular flexibility index (Phi) is 4.76. The maximum Gasteiger partial charge on any atom is 0.522 e. The topological polar surface area (TPSA) is 70.3 Å². The van der Waals surface area contributed by atoms with E-state index in [-0.39, 0.29) is 28.2 Å². The largest absolute Gasteiger partial charge is 0.522 e. The minimum Gasteiger partial charge on any atom is -0.297 e. The summed E-state index contributed by atoms with van der Waals surface area (Å²) in [6, 6.07) is 0. The molecule has 10 heteroatoms. The first kappa shape index (κ1) is 17.4. The number of hydrogen-bond acceptors (Lipinski definition) is 5. The molecule has 0 bridgehead atoms. The Balaban J connectivity index is 2.65. The van der Waals surface area contributed by atoms with Crippen LogP contribution in [0.1, 0.15) is 22.2 Å². The average Bonchev–Trinajstić information content (AvgIpc) is 2.79. The Morgan fingerprint density at radius 2 is 1.91 bits per heavy atom. The molecule has 0 radical (unpaired) electrons. The summed E-state index contributed by atoms with van der Waals surface area (Å²) in [5.41, 5.74) is -0.866. The fraction of sp³-hybridized carbons (Fsp3) is 0.462. The average molecular weight is 350 g/mol. The number of aldehydes is 1. The maximum absolute atomic E-state index is 12.3. The molecule has 6 nitrogen and oxygen atoms in total. The lowest BCUT2D eigenvalue weighted by Crippen LogP contribution is -2.40. The Bertz CT molecular complexity index is 863. The molecule has 0 fully saturated rings. The van der Waals surface area contributed by atoms with Gasteiger partial charge in [0.15, 0.2) is 6.29 Å². The van der Waals surface area contributed by atoms with Gasteiger partial charge in [0.2, 0.25) is 0 Å². The highest BCUT2D eigenvalue weighted by Crippen LogP contribution is 2.26. The van der Waals surface area contributed by atoms with Crippen molar-refractivity contribution >= 4 is 27.8 Å². The zero-order valence-electron chi connectivity index (χ0n) is 12.3. The third kappa shape index (κ3) is 3.22. The summed E-state index contributed by atoms with van der Waals surface area (Å²) in [7, 11) is 0. The van der Waals surface area contributed by atoms with E-state index in [0.717, 1.165) is 20.5 Å². The van der Waals surface area contributed by atoms with E-state index < -0.39 is 24.2 Å². The molecule has 0 aliphatic carbocycles. The van der Waals surface area contributed by atoms with Crippen LogP contribution in [0.25, 0.3) is 10.2 Å². The highest BCUT2D eigenvalue weighted by Gasteiger charge is 2.29. The molecule has 0 atom stereocenters. The number of ether oxygens (including phenoxy) is 1. The van der Waals surface area contributed by atoms with Crippen LogP contribution in [0.4, 0.5) is 13.2 Å². The number of alkyl halides is 3. The van der Waals surface area contributed by atoms with Crippen LogP contribution in [0, 0.1) is 6.92 Å². The third-order valence-electron chi connectivity index (χ3n) is 3.33. The van der Waals surface area contributed by atoms with Gasteiger partial charge in [0.1, 0.15) is 4.83 Å². The molecule has 126 valence electrons. The fourth-order valence-electron chi connectivity index (χ4n) is 2.25. The van der Waals surface area contributed by atoms with Crippen LogP contribution >= 0.6 is 11.3 Å². The summed E-state index contributed by atoms with van der Waals surface area (Å²) in [5, 5.41) is 0.172. The van der Waals surface area contributed by atoms with Crippen LogP contribution in [0.5, 0.6) is 0 Å². The molecule has 2 heterocycles. The van der Waals surface area contributed by atoms with Gasteiger partial charge in [-0.15, -0.1) is 24.5 Å². The van der Waals surface area contributed by atoms with Crippen molar-refractivity contribution in [2.75, 3.05) is 6.61 Å². The molecule has 0 aliphatic heterocycles. The standard InChI is InChI=1S/C13H13F3N2O4S/c1-3-17-10(20)9-7(2)8(6-19)23-11(9)18(12(17)21)4-5-22-13(14,15)16/h6H,3-5H2,1-2H3. The first-order valence-electron chi connectivity index (χ1n) is 6.63. The van der Waals surface area contributed by atoms with Crippen LogP contribution < -0.4 is 11.2 Å². The van der Waals surface area contributed by atoms with Crippen LogP contribution in [-0.4, -0.2) is 28.4 Å². The van der Waals surface area contributed by atoms with E-state index in [2.05, 4.69) is 4.74 Å². The van der Waals surface area contributed by atoms with E-state index >= 15 is 0 Å². The van der Waals surface area contributed by atoms with Crippen molar-refractivity contribution < 1.29 is 22.7 Å². The summed E-state index contributed by atoms with van der Waals surface area (Å²) in [4.78, 5) is 36.1. The Morgan fingerprint density at radius 1 is 1.26 bits per heavy atom. The lowest BCUT2D eigenvalue weighted by Gasteiger charge is -2.12. The van der Waals surface area contributed by atoms with Crippen LogP contribution in [0.15, 0.2) is 9.59 Å². The molecule has 0 aliphatic rings. The number of rotatable bonds is 5. The quantitative estimate of drug-likeness (QED) is 0.773. The molecular weight excluding hydrogens is 337 g/mol. The zero-order valence-corrected chi connectivity index (χ0v) is 13.1. The smallest absolute Gasteiger partial charge is 0.297 e. The first-order chi connectivity index (χ1) is 10.7. The first-order valence-corrected chi connectivity index (χ1v) is 7.45. The molecule has 0 saturated heterocycles. The van der Waals surface area contributed by atoms with Gasteiger partial charge in [-0.1, -0.05) is 0 Å². The second kappa shape index (κ2) is 6.28. The number of aromatic nitrogens is 2. The number of fused-ring (bicyclic) bond motifs is 1. The summed E-state index contributed by atoms with van der Waals surface area (Å²) in [6.45, 7) is 2.05. The highest BCUT2D eigenvalue weighted by atomic mass is 32.1. The number of thiophene rings is 1. The van der Waals surface area contributed by atoms with E-state index in [1.54, 1.807) is 13.8 Å². The Morgan fingerprint density at radius 3 is 2.43 bits per heavy atom. The van der Waals surface area contributed by atoms with Gasteiger partial charge in [-0.05, 0) is 19.4 Å². The van der Waals surface area contributed by atoms with Crippen LogP contribution in [0.3, 0.4) is 0 Å². The number of halogens is 3. The van der Waals surface area contributed by atoms with Crippen molar-refractivity contribution in [2.45, 2.75) is 33.3 Å². The molecule has 2 aromatic heterocycles.